The normalized spacial score (nSPS) is 18.2. The van der Waals surface area contributed by atoms with Crippen molar-refractivity contribution < 1.29 is 4.79 Å². The second kappa shape index (κ2) is 6.42. The van der Waals surface area contributed by atoms with Crippen molar-refractivity contribution in [3.05, 3.63) is 95.2 Å². The number of hydrogen-bond donors (Lipinski definition) is 3. The van der Waals surface area contributed by atoms with Gasteiger partial charge < -0.3 is 16.4 Å². The molecule has 0 aromatic heterocycles. The summed E-state index contributed by atoms with van der Waals surface area (Å²) in [5, 5.41) is 6.33. The van der Waals surface area contributed by atoms with Crippen molar-refractivity contribution in [1.29, 1.82) is 0 Å². The molecule has 0 saturated carbocycles. The molecule has 0 radical (unpaired) electrons. The highest BCUT2D eigenvalue weighted by molar-refractivity contribution is 6.07. The van der Waals surface area contributed by atoms with Crippen LogP contribution >= 0.6 is 0 Å². The number of rotatable bonds is 3. The molecule has 0 aliphatic carbocycles. The molecule has 0 spiro atoms. The smallest absolute Gasteiger partial charge is 0.236 e. The van der Waals surface area contributed by atoms with Crippen LogP contribution in [0.5, 0.6) is 0 Å². The highest BCUT2D eigenvalue weighted by Gasteiger charge is 2.33. The predicted molar refractivity (Wildman–Crippen MR) is 101 cm³/mol. The molecule has 1 unspecified atom stereocenters. The predicted octanol–water partition coefficient (Wildman–Crippen LogP) is 3.24. The Morgan fingerprint density at radius 2 is 1.84 bits per heavy atom. The first kappa shape index (κ1) is 15.4. The van der Waals surface area contributed by atoms with E-state index in [1.54, 1.807) is 0 Å². The zero-order valence-corrected chi connectivity index (χ0v) is 13.7. The summed E-state index contributed by atoms with van der Waals surface area (Å²) < 4.78 is 0. The van der Waals surface area contributed by atoms with Crippen molar-refractivity contribution in [2.45, 2.75) is 12.5 Å². The number of amides is 1. The van der Waals surface area contributed by atoms with E-state index in [-0.39, 0.29) is 11.8 Å². The number of fused-ring (bicyclic) bond motifs is 1. The van der Waals surface area contributed by atoms with Crippen molar-refractivity contribution in [3.8, 4) is 0 Å². The second-order valence-corrected chi connectivity index (χ2v) is 6.11. The molecule has 2 aromatic carbocycles. The van der Waals surface area contributed by atoms with Gasteiger partial charge in [0, 0.05) is 24.0 Å². The molecule has 4 heteroatoms. The average Bonchev–Trinajstić information content (AvgIpc) is 2.82. The van der Waals surface area contributed by atoms with Crippen LogP contribution in [0.4, 0.5) is 5.69 Å². The lowest BCUT2D eigenvalue weighted by molar-refractivity contribution is -0.116. The summed E-state index contributed by atoms with van der Waals surface area (Å²) in [6.45, 7) is 0.499. The van der Waals surface area contributed by atoms with Gasteiger partial charge in [-0.2, -0.15) is 0 Å². The molecule has 124 valence electrons. The number of nitrogens with two attached hydrogens (primary N) is 1. The number of nitrogens with one attached hydrogen (secondary N) is 2. The van der Waals surface area contributed by atoms with E-state index in [4.69, 9.17) is 5.73 Å². The Balaban J connectivity index is 1.77. The van der Waals surface area contributed by atoms with Gasteiger partial charge in [-0.25, -0.2) is 0 Å². The van der Waals surface area contributed by atoms with Crippen LogP contribution in [0.3, 0.4) is 0 Å². The minimum absolute atomic E-state index is 0.00301. The van der Waals surface area contributed by atoms with E-state index in [0.717, 1.165) is 33.6 Å². The van der Waals surface area contributed by atoms with E-state index in [1.165, 1.54) is 0 Å². The standard InChI is InChI=1S/C21H19N3O/c22-13-14-8-10-15(11-9-14)19-17-6-4-5-16(20(17)24-21(19)25)18-7-2-1-3-12-23-18/h1-12,19,23H,13,22H2,(H,24,25). The first-order chi connectivity index (χ1) is 12.3. The highest BCUT2D eigenvalue weighted by Crippen LogP contribution is 2.41. The molecule has 4 N–H and O–H groups in total. The fourth-order valence-corrected chi connectivity index (χ4v) is 3.31. The molecular weight excluding hydrogens is 310 g/mol. The third kappa shape index (κ3) is 2.77. The Morgan fingerprint density at radius 1 is 1.00 bits per heavy atom. The number of allylic oxidation sites excluding steroid dienone is 4. The van der Waals surface area contributed by atoms with Crippen molar-refractivity contribution in [3.63, 3.8) is 0 Å². The molecule has 2 aliphatic rings. The lowest BCUT2D eigenvalue weighted by Gasteiger charge is -2.13. The number of benzene rings is 2. The number of para-hydroxylation sites is 1. The van der Waals surface area contributed by atoms with Crippen LogP contribution in [-0.2, 0) is 11.3 Å². The van der Waals surface area contributed by atoms with Gasteiger partial charge in [-0.3, -0.25) is 4.79 Å². The van der Waals surface area contributed by atoms with E-state index in [1.807, 2.05) is 73.0 Å². The molecule has 1 amide bonds. The van der Waals surface area contributed by atoms with Crippen LogP contribution < -0.4 is 16.4 Å². The van der Waals surface area contributed by atoms with Gasteiger partial charge in [0.2, 0.25) is 5.91 Å². The number of hydrogen-bond acceptors (Lipinski definition) is 3. The largest absolute Gasteiger partial charge is 0.361 e. The molecule has 4 rings (SSSR count). The molecular formula is C21H19N3O. The quantitative estimate of drug-likeness (QED) is 0.810. The molecule has 0 fully saturated rings. The Kier molecular flexibility index (Phi) is 3.96. The Morgan fingerprint density at radius 3 is 2.64 bits per heavy atom. The summed E-state index contributed by atoms with van der Waals surface area (Å²) in [5.41, 5.74) is 11.5. The summed E-state index contributed by atoms with van der Waals surface area (Å²) in [6.07, 6.45) is 9.77. The van der Waals surface area contributed by atoms with Crippen molar-refractivity contribution >= 4 is 17.3 Å². The van der Waals surface area contributed by atoms with Crippen LogP contribution in [0, 0.1) is 0 Å². The molecule has 2 aliphatic heterocycles. The third-order valence-corrected chi connectivity index (χ3v) is 4.58. The van der Waals surface area contributed by atoms with E-state index in [0.29, 0.717) is 6.54 Å². The van der Waals surface area contributed by atoms with E-state index < -0.39 is 0 Å². The van der Waals surface area contributed by atoms with Crippen molar-refractivity contribution in [1.82, 2.24) is 5.32 Å². The fraction of sp³-hybridized carbons (Fsp3) is 0.0952. The second-order valence-electron chi connectivity index (χ2n) is 6.11. The third-order valence-electron chi connectivity index (χ3n) is 4.58. The van der Waals surface area contributed by atoms with Gasteiger partial charge in [-0.05, 0) is 28.8 Å². The monoisotopic (exact) mass is 329 g/mol. The van der Waals surface area contributed by atoms with Gasteiger partial charge in [0.1, 0.15) is 0 Å². The van der Waals surface area contributed by atoms with Crippen LogP contribution in [0.2, 0.25) is 0 Å². The van der Waals surface area contributed by atoms with E-state index in [2.05, 4.69) is 10.6 Å². The Hall–Kier alpha value is -3.11. The van der Waals surface area contributed by atoms with E-state index >= 15 is 0 Å². The maximum Gasteiger partial charge on any atom is 0.236 e. The lowest BCUT2D eigenvalue weighted by atomic mass is 9.90. The van der Waals surface area contributed by atoms with Gasteiger partial charge >= 0.3 is 0 Å². The minimum Gasteiger partial charge on any atom is -0.361 e. The van der Waals surface area contributed by atoms with Crippen LogP contribution in [0.25, 0.3) is 5.70 Å². The van der Waals surface area contributed by atoms with Gasteiger partial charge in [0.05, 0.1) is 11.6 Å². The van der Waals surface area contributed by atoms with Gasteiger partial charge in [0.25, 0.3) is 0 Å². The number of carbonyl (C=O) groups is 1. The first-order valence-electron chi connectivity index (χ1n) is 8.31. The zero-order chi connectivity index (χ0) is 17.2. The maximum absolute atomic E-state index is 12.7. The summed E-state index contributed by atoms with van der Waals surface area (Å²) >= 11 is 0. The zero-order valence-electron chi connectivity index (χ0n) is 13.7. The molecule has 1 atom stereocenters. The van der Waals surface area contributed by atoms with Crippen LogP contribution in [0.15, 0.2) is 73.0 Å². The van der Waals surface area contributed by atoms with Gasteiger partial charge in [-0.15, -0.1) is 0 Å². The fourth-order valence-electron chi connectivity index (χ4n) is 3.31. The van der Waals surface area contributed by atoms with E-state index in [9.17, 15) is 4.79 Å². The van der Waals surface area contributed by atoms with Gasteiger partial charge in [-0.1, -0.05) is 54.6 Å². The summed E-state index contributed by atoms with van der Waals surface area (Å²) in [7, 11) is 0. The number of carbonyl (C=O) groups excluding carboxylic acids is 1. The molecule has 2 heterocycles. The van der Waals surface area contributed by atoms with Crippen molar-refractivity contribution in [2.75, 3.05) is 5.32 Å². The Labute approximate surface area is 146 Å². The lowest BCUT2D eigenvalue weighted by Crippen LogP contribution is -2.13. The van der Waals surface area contributed by atoms with Crippen LogP contribution in [-0.4, -0.2) is 5.91 Å². The summed E-state index contributed by atoms with van der Waals surface area (Å²) in [6, 6.07) is 14.0. The molecule has 25 heavy (non-hydrogen) atoms. The molecule has 0 saturated heterocycles. The maximum atomic E-state index is 12.7. The van der Waals surface area contributed by atoms with Crippen molar-refractivity contribution in [2.24, 2.45) is 5.73 Å². The summed E-state index contributed by atoms with van der Waals surface area (Å²) in [5.74, 6) is -0.289. The SMILES string of the molecule is NCc1ccc(C2C(=O)Nc3c(C4=CC=CC=CN4)cccc32)cc1. The number of anilines is 1. The Bertz CT molecular complexity index is 907. The molecule has 2 aromatic rings. The van der Waals surface area contributed by atoms with Gasteiger partial charge in [0.15, 0.2) is 0 Å². The van der Waals surface area contributed by atoms with Crippen LogP contribution in [0.1, 0.15) is 28.2 Å². The average molecular weight is 329 g/mol. The molecule has 4 nitrogen and oxygen atoms in total. The highest BCUT2D eigenvalue weighted by atomic mass is 16.2. The molecule has 0 bridgehead atoms. The minimum atomic E-state index is -0.292. The first-order valence-corrected chi connectivity index (χ1v) is 8.31. The summed E-state index contributed by atoms with van der Waals surface area (Å²) in [4.78, 5) is 12.7. The topological polar surface area (TPSA) is 67.2 Å².